The van der Waals surface area contributed by atoms with Crippen LogP contribution < -0.4 is 11.2 Å². The van der Waals surface area contributed by atoms with Gasteiger partial charge in [-0.2, -0.15) is 0 Å². The number of azide groups is 1. The summed E-state index contributed by atoms with van der Waals surface area (Å²) in [6.07, 6.45) is -2.45. The van der Waals surface area contributed by atoms with Crippen LogP contribution in [0.1, 0.15) is 16.6 Å². The largest absolute Gasteiger partial charge is 0.455 e. The minimum absolute atomic E-state index is 0.105. The predicted octanol–water partition coefficient (Wildman–Crippen LogP) is 0.754. The fourth-order valence-corrected chi connectivity index (χ4v) is 3.76. The smallest absolute Gasteiger partial charge is 0.338 e. The molecule has 1 aromatic carbocycles. The highest BCUT2D eigenvalue weighted by atomic mass is 16.6. The molecule has 12 heteroatoms. The number of rotatable bonds is 8. The zero-order valence-electron chi connectivity index (χ0n) is 16.4. The Morgan fingerprint density at radius 1 is 1.26 bits per heavy atom. The van der Waals surface area contributed by atoms with E-state index in [0.29, 0.717) is 5.56 Å². The molecule has 2 aromatic rings. The third kappa shape index (κ3) is 3.62. The first-order valence-corrected chi connectivity index (χ1v) is 9.42. The Morgan fingerprint density at radius 3 is 2.71 bits per heavy atom. The molecule has 31 heavy (non-hydrogen) atoms. The molecule has 0 radical (unpaired) electrons. The van der Waals surface area contributed by atoms with Crippen LogP contribution in [0.3, 0.4) is 0 Å². The van der Waals surface area contributed by atoms with Crippen molar-refractivity contribution in [3.8, 4) is 0 Å². The van der Waals surface area contributed by atoms with Gasteiger partial charge in [-0.05, 0) is 17.7 Å². The first-order valence-electron chi connectivity index (χ1n) is 9.42. The Hall–Kier alpha value is -3.44. The average molecular weight is 429 g/mol. The van der Waals surface area contributed by atoms with Crippen molar-refractivity contribution in [1.29, 1.82) is 0 Å². The maximum absolute atomic E-state index is 12.5. The lowest BCUT2D eigenvalue weighted by Crippen LogP contribution is -2.43. The second-order valence-electron chi connectivity index (χ2n) is 7.02. The zero-order chi connectivity index (χ0) is 22.0. The maximum Gasteiger partial charge on any atom is 0.338 e. The van der Waals surface area contributed by atoms with Crippen LogP contribution in [0.25, 0.3) is 10.4 Å². The van der Waals surface area contributed by atoms with Gasteiger partial charge >= 0.3 is 11.7 Å². The van der Waals surface area contributed by atoms with E-state index in [0.717, 1.165) is 10.6 Å². The van der Waals surface area contributed by atoms with Gasteiger partial charge in [-0.25, -0.2) is 9.59 Å². The molecule has 1 aliphatic heterocycles. The highest BCUT2D eigenvalue weighted by molar-refractivity contribution is 5.89. The van der Waals surface area contributed by atoms with Crippen LogP contribution in [0.5, 0.6) is 0 Å². The number of H-pyrrole nitrogens is 1. The van der Waals surface area contributed by atoms with E-state index < -0.39 is 47.3 Å². The van der Waals surface area contributed by atoms with Gasteiger partial charge in [0.2, 0.25) is 0 Å². The van der Waals surface area contributed by atoms with Crippen LogP contribution in [-0.2, 0) is 18.9 Å². The van der Waals surface area contributed by atoms with Gasteiger partial charge in [-0.3, -0.25) is 14.3 Å². The molecule has 5 atom stereocenters. The number of aromatic amines is 1. The summed E-state index contributed by atoms with van der Waals surface area (Å²) in [5.74, 6) is -0.607. The number of hydrogen-bond donors (Lipinski definition) is 1. The molecule has 0 amide bonds. The lowest BCUT2D eigenvalue weighted by Gasteiger charge is -2.28. The second-order valence-corrected chi connectivity index (χ2v) is 7.02. The van der Waals surface area contributed by atoms with Crippen LogP contribution in [0.2, 0.25) is 0 Å². The van der Waals surface area contributed by atoms with Gasteiger partial charge in [-0.15, -0.1) is 0 Å². The molecule has 1 N–H and O–H groups in total. The summed E-state index contributed by atoms with van der Waals surface area (Å²) in [4.78, 5) is 41.3. The van der Waals surface area contributed by atoms with Crippen LogP contribution in [-0.4, -0.2) is 59.7 Å². The Balaban J connectivity index is 1.64. The number of fused-ring (bicyclic) bond motifs is 1. The highest BCUT2D eigenvalue weighted by Gasteiger charge is 2.80. The summed E-state index contributed by atoms with van der Waals surface area (Å²) >= 11 is 0. The summed E-state index contributed by atoms with van der Waals surface area (Å²) in [5.41, 5.74) is 6.87. The molecule has 4 rings (SSSR count). The topological polar surface area (TPSA) is 158 Å². The predicted molar refractivity (Wildman–Crippen MR) is 104 cm³/mol. The van der Waals surface area contributed by atoms with Crippen molar-refractivity contribution >= 4 is 5.97 Å². The fraction of sp³-hybridized carbons (Fsp3) is 0.421. The number of nitrogens with one attached hydrogen (secondary N) is 1. The number of carbonyl (C=O) groups is 1. The van der Waals surface area contributed by atoms with Gasteiger partial charge in [0.05, 0.1) is 18.8 Å². The number of hydrogen-bond acceptors (Lipinski definition) is 8. The van der Waals surface area contributed by atoms with E-state index in [4.69, 9.17) is 18.9 Å². The fourth-order valence-electron chi connectivity index (χ4n) is 3.76. The lowest BCUT2D eigenvalue weighted by molar-refractivity contribution is -0.108. The van der Waals surface area contributed by atoms with E-state index in [1.54, 1.807) is 30.3 Å². The molecular formula is C19H19N5O7. The molecule has 1 saturated heterocycles. The first kappa shape index (κ1) is 20.8. The number of nitrogens with zero attached hydrogens (tertiary/aromatic N) is 4. The van der Waals surface area contributed by atoms with Crippen molar-refractivity contribution in [2.24, 2.45) is 5.11 Å². The molecule has 0 spiro atoms. The van der Waals surface area contributed by atoms with Crippen molar-refractivity contribution in [3.63, 3.8) is 0 Å². The molecule has 162 valence electrons. The molecule has 2 unspecified atom stereocenters. The average Bonchev–Trinajstić information content (AvgIpc) is 3.21. The third-order valence-corrected chi connectivity index (χ3v) is 5.25. The van der Waals surface area contributed by atoms with Crippen LogP contribution in [0.15, 0.2) is 57.3 Å². The number of carbonyl (C=O) groups excluding carboxylic acids is 1. The second kappa shape index (κ2) is 8.36. The van der Waals surface area contributed by atoms with Crippen molar-refractivity contribution in [3.05, 3.63) is 79.4 Å². The molecule has 2 heterocycles. The number of benzene rings is 1. The Morgan fingerprint density at radius 2 is 2.03 bits per heavy atom. The number of ether oxygens (including phenoxy) is 4. The summed E-state index contributed by atoms with van der Waals surface area (Å²) in [6.45, 7) is 0.336. The Kier molecular flexibility index (Phi) is 5.61. The van der Waals surface area contributed by atoms with Gasteiger partial charge in [-0.1, -0.05) is 23.3 Å². The van der Waals surface area contributed by atoms with E-state index in [2.05, 4.69) is 15.0 Å². The van der Waals surface area contributed by atoms with Gasteiger partial charge in [0.15, 0.2) is 6.23 Å². The van der Waals surface area contributed by atoms with Gasteiger partial charge in [0.25, 0.3) is 5.56 Å². The maximum atomic E-state index is 12.5. The minimum atomic E-state index is -1.37. The summed E-state index contributed by atoms with van der Waals surface area (Å²) < 4.78 is 23.5. The first-order chi connectivity index (χ1) is 15.0. The van der Waals surface area contributed by atoms with Gasteiger partial charge < -0.3 is 18.9 Å². The molecule has 0 bridgehead atoms. The summed E-state index contributed by atoms with van der Waals surface area (Å²) in [5, 5.41) is 3.87. The van der Waals surface area contributed by atoms with E-state index in [9.17, 15) is 19.9 Å². The van der Waals surface area contributed by atoms with E-state index in [1.165, 1.54) is 13.3 Å². The molecule has 1 aromatic heterocycles. The normalized spacial score (nSPS) is 28.4. The molecular weight excluding hydrogens is 410 g/mol. The highest BCUT2D eigenvalue weighted by Crippen LogP contribution is 2.59. The Labute approximate surface area is 174 Å². The van der Waals surface area contributed by atoms with Crippen LogP contribution in [0, 0.1) is 0 Å². The molecule has 2 aliphatic rings. The molecule has 1 saturated carbocycles. The van der Waals surface area contributed by atoms with E-state index in [1.807, 2.05) is 0 Å². The number of aromatic nitrogens is 2. The Bertz CT molecular complexity index is 1130. The molecule has 1 aliphatic carbocycles. The number of methoxy groups -OCH3 is 1. The molecule has 2 fully saturated rings. The zero-order valence-corrected chi connectivity index (χ0v) is 16.4. The lowest BCUT2D eigenvalue weighted by atomic mass is 10.1. The molecule has 12 nitrogen and oxygen atoms in total. The summed E-state index contributed by atoms with van der Waals surface area (Å²) in [7, 11) is 1.49. The monoisotopic (exact) mass is 429 g/mol. The van der Waals surface area contributed by atoms with Gasteiger partial charge in [0.1, 0.15) is 23.9 Å². The minimum Gasteiger partial charge on any atom is -0.455 e. The van der Waals surface area contributed by atoms with Crippen LogP contribution >= 0.6 is 0 Å². The standard InChI is InChI=1S/C19H19N5O7/c1-28-9-10-29-15-16(24-8-7-12(25)21-18(24)27)30-13-14(19(13,15)22-23-20)31-17(26)11-5-3-2-4-6-11/h2-8,13-16H,9-10H2,1H3,(H,21,25,27)/t13-,14?,15+,16-,19?/m1/s1. The van der Waals surface area contributed by atoms with Gasteiger partial charge in [0, 0.05) is 24.3 Å². The van der Waals surface area contributed by atoms with Crippen LogP contribution in [0.4, 0.5) is 0 Å². The number of esters is 1. The van der Waals surface area contributed by atoms with Crippen molar-refractivity contribution in [2.45, 2.75) is 30.1 Å². The van der Waals surface area contributed by atoms with Crippen molar-refractivity contribution in [2.75, 3.05) is 20.3 Å². The van der Waals surface area contributed by atoms with Crippen molar-refractivity contribution < 1.29 is 23.7 Å². The quantitative estimate of drug-likeness (QED) is 0.213. The summed E-state index contributed by atoms with van der Waals surface area (Å²) in [6, 6.07) is 9.50. The SMILES string of the molecule is COCCO[C@H]1[C@H](n2ccc(=O)[nH]c2=O)O[C@@H]2C(OC(=O)c3ccccc3)C21N=[N+]=[N-]. The van der Waals surface area contributed by atoms with Crippen molar-refractivity contribution in [1.82, 2.24) is 9.55 Å². The van der Waals surface area contributed by atoms with E-state index >= 15 is 0 Å². The van der Waals surface area contributed by atoms with E-state index in [-0.39, 0.29) is 13.2 Å². The third-order valence-electron chi connectivity index (χ3n) is 5.25.